The molecule has 0 radical (unpaired) electrons. The fourth-order valence-electron chi connectivity index (χ4n) is 1.45. The molecule has 0 atom stereocenters. The highest BCUT2D eigenvalue weighted by atomic mass is 35.5. The van der Waals surface area contributed by atoms with Crippen LogP contribution in [0.4, 0.5) is 21.9 Å². The molecule has 0 spiro atoms. The topological polar surface area (TPSA) is 67.1 Å². The number of nitrogens with two attached hydrogens (primary N) is 1. The lowest BCUT2D eigenvalue weighted by molar-refractivity contribution is 0.262. The molecule has 18 heavy (non-hydrogen) atoms. The minimum absolute atomic E-state index is 0.388. The standard InChI is InChI=1S/C13H12ClN3O/c14-9-5-1-3-7-11(9)16-13(18)17-12-8-4-2-6-10(12)15/h1-8H,15H2,(H2,16,17,18). The molecule has 4 N–H and O–H groups in total. The quantitative estimate of drug-likeness (QED) is 0.724. The number of anilines is 3. The number of amides is 2. The smallest absolute Gasteiger partial charge is 0.323 e. The number of hydrogen-bond donors (Lipinski definition) is 3. The number of halogens is 1. The van der Waals surface area contributed by atoms with Gasteiger partial charge in [-0.05, 0) is 24.3 Å². The Morgan fingerprint density at radius 3 is 2.17 bits per heavy atom. The van der Waals surface area contributed by atoms with E-state index in [0.29, 0.717) is 22.1 Å². The minimum atomic E-state index is -0.388. The van der Waals surface area contributed by atoms with E-state index in [0.717, 1.165) is 0 Å². The van der Waals surface area contributed by atoms with Crippen LogP contribution in [0.25, 0.3) is 0 Å². The number of rotatable bonds is 2. The third-order valence-electron chi connectivity index (χ3n) is 2.33. The normalized spacial score (nSPS) is 9.83. The van der Waals surface area contributed by atoms with Crippen molar-refractivity contribution in [3.05, 3.63) is 53.6 Å². The summed E-state index contributed by atoms with van der Waals surface area (Å²) in [4.78, 5) is 11.7. The highest BCUT2D eigenvalue weighted by molar-refractivity contribution is 6.33. The molecule has 2 amide bonds. The Labute approximate surface area is 110 Å². The Hall–Kier alpha value is -2.20. The maximum absolute atomic E-state index is 11.7. The molecular weight excluding hydrogens is 250 g/mol. The molecule has 0 aliphatic carbocycles. The molecule has 2 aromatic carbocycles. The van der Waals surface area contributed by atoms with Gasteiger partial charge in [-0.25, -0.2) is 4.79 Å². The SMILES string of the molecule is Nc1ccccc1NC(=O)Nc1ccccc1Cl. The van der Waals surface area contributed by atoms with Crippen LogP contribution in [0.2, 0.25) is 5.02 Å². The van der Waals surface area contributed by atoms with Crippen molar-refractivity contribution in [2.24, 2.45) is 0 Å². The number of hydrogen-bond acceptors (Lipinski definition) is 2. The summed E-state index contributed by atoms with van der Waals surface area (Å²) in [7, 11) is 0. The van der Waals surface area contributed by atoms with E-state index in [1.807, 2.05) is 0 Å². The van der Waals surface area contributed by atoms with Crippen LogP contribution in [0, 0.1) is 0 Å². The lowest BCUT2D eigenvalue weighted by atomic mass is 10.3. The van der Waals surface area contributed by atoms with Crippen molar-refractivity contribution < 1.29 is 4.79 Å². The van der Waals surface area contributed by atoms with Gasteiger partial charge in [-0.15, -0.1) is 0 Å². The number of carbonyl (C=O) groups is 1. The molecular formula is C13H12ClN3O. The van der Waals surface area contributed by atoms with E-state index < -0.39 is 0 Å². The Balaban J connectivity index is 2.06. The summed E-state index contributed by atoms with van der Waals surface area (Å²) >= 11 is 5.94. The van der Waals surface area contributed by atoms with Crippen LogP contribution in [0.3, 0.4) is 0 Å². The number of nitrogens with one attached hydrogen (secondary N) is 2. The van der Waals surface area contributed by atoms with Crippen molar-refractivity contribution in [1.82, 2.24) is 0 Å². The van der Waals surface area contributed by atoms with Gasteiger partial charge in [0.15, 0.2) is 0 Å². The number of urea groups is 1. The van der Waals surface area contributed by atoms with Gasteiger partial charge in [-0.3, -0.25) is 0 Å². The molecule has 0 aliphatic heterocycles. The second-order valence-electron chi connectivity index (χ2n) is 3.65. The lowest BCUT2D eigenvalue weighted by Gasteiger charge is -2.10. The molecule has 0 heterocycles. The van der Waals surface area contributed by atoms with Crippen molar-refractivity contribution in [2.45, 2.75) is 0 Å². The van der Waals surface area contributed by atoms with Gasteiger partial charge in [0, 0.05) is 0 Å². The van der Waals surface area contributed by atoms with Gasteiger partial charge in [0.1, 0.15) is 0 Å². The van der Waals surface area contributed by atoms with E-state index in [2.05, 4.69) is 10.6 Å². The van der Waals surface area contributed by atoms with Crippen molar-refractivity contribution in [3.8, 4) is 0 Å². The molecule has 4 nitrogen and oxygen atoms in total. The molecule has 5 heteroatoms. The fraction of sp³-hybridized carbons (Fsp3) is 0. The third-order valence-corrected chi connectivity index (χ3v) is 2.66. The molecule has 92 valence electrons. The van der Waals surface area contributed by atoms with Crippen molar-refractivity contribution in [2.75, 3.05) is 16.4 Å². The number of nitrogen functional groups attached to an aromatic ring is 1. The van der Waals surface area contributed by atoms with Gasteiger partial charge in [0.2, 0.25) is 0 Å². The van der Waals surface area contributed by atoms with Gasteiger partial charge in [0.05, 0.1) is 22.1 Å². The van der Waals surface area contributed by atoms with Crippen molar-refractivity contribution in [3.63, 3.8) is 0 Å². The zero-order valence-electron chi connectivity index (χ0n) is 9.48. The first kappa shape index (κ1) is 12.3. The van der Waals surface area contributed by atoms with E-state index in [9.17, 15) is 4.79 Å². The zero-order valence-corrected chi connectivity index (χ0v) is 10.2. The molecule has 0 unspecified atom stereocenters. The van der Waals surface area contributed by atoms with Crippen LogP contribution in [-0.4, -0.2) is 6.03 Å². The predicted molar refractivity (Wildman–Crippen MR) is 74.9 cm³/mol. The van der Waals surface area contributed by atoms with Gasteiger partial charge in [-0.2, -0.15) is 0 Å². The van der Waals surface area contributed by atoms with Crippen LogP contribution in [0.5, 0.6) is 0 Å². The number of carbonyl (C=O) groups excluding carboxylic acids is 1. The Bertz CT molecular complexity index is 522. The summed E-state index contributed by atoms with van der Waals surface area (Å²) in [6.45, 7) is 0. The van der Waals surface area contributed by atoms with Gasteiger partial charge in [0.25, 0.3) is 0 Å². The monoisotopic (exact) mass is 261 g/mol. The summed E-state index contributed by atoms with van der Waals surface area (Å²) in [5, 5.41) is 5.78. The van der Waals surface area contributed by atoms with E-state index in [-0.39, 0.29) is 6.03 Å². The summed E-state index contributed by atoms with van der Waals surface area (Å²) in [6.07, 6.45) is 0. The molecule has 0 saturated carbocycles. The number of benzene rings is 2. The van der Waals surface area contributed by atoms with Gasteiger partial charge in [-0.1, -0.05) is 35.9 Å². The molecule has 0 bridgehead atoms. The van der Waals surface area contributed by atoms with E-state index in [4.69, 9.17) is 17.3 Å². The zero-order chi connectivity index (χ0) is 13.0. The molecule has 0 fully saturated rings. The van der Waals surface area contributed by atoms with E-state index >= 15 is 0 Å². The number of para-hydroxylation sites is 3. The first-order chi connectivity index (χ1) is 8.66. The van der Waals surface area contributed by atoms with Crippen LogP contribution in [-0.2, 0) is 0 Å². The van der Waals surface area contributed by atoms with E-state index in [1.165, 1.54) is 0 Å². The summed E-state index contributed by atoms with van der Waals surface area (Å²) < 4.78 is 0. The molecule has 2 rings (SSSR count). The van der Waals surface area contributed by atoms with Crippen molar-refractivity contribution in [1.29, 1.82) is 0 Å². The average molecular weight is 262 g/mol. The first-order valence-corrected chi connectivity index (χ1v) is 5.71. The second-order valence-corrected chi connectivity index (χ2v) is 4.05. The highest BCUT2D eigenvalue weighted by Crippen LogP contribution is 2.21. The minimum Gasteiger partial charge on any atom is -0.397 e. The molecule has 2 aromatic rings. The van der Waals surface area contributed by atoms with Gasteiger partial charge >= 0.3 is 6.03 Å². The van der Waals surface area contributed by atoms with Crippen LogP contribution in [0.15, 0.2) is 48.5 Å². The maximum Gasteiger partial charge on any atom is 0.323 e. The molecule has 0 saturated heterocycles. The van der Waals surface area contributed by atoms with Gasteiger partial charge < -0.3 is 16.4 Å². The fourth-order valence-corrected chi connectivity index (χ4v) is 1.63. The summed E-state index contributed by atoms with van der Waals surface area (Å²) in [6, 6.07) is 13.6. The summed E-state index contributed by atoms with van der Waals surface area (Å²) in [5.41, 5.74) is 7.33. The molecule has 0 aliphatic rings. The Kier molecular flexibility index (Phi) is 3.69. The second kappa shape index (κ2) is 5.42. The van der Waals surface area contributed by atoms with Crippen LogP contribution in [0.1, 0.15) is 0 Å². The third kappa shape index (κ3) is 2.93. The van der Waals surface area contributed by atoms with E-state index in [1.54, 1.807) is 48.5 Å². The van der Waals surface area contributed by atoms with Crippen LogP contribution >= 0.6 is 11.6 Å². The predicted octanol–water partition coefficient (Wildman–Crippen LogP) is 3.57. The maximum atomic E-state index is 11.7. The average Bonchev–Trinajstić information content (AvgIpc) is 2.35. The summed E-state index contributed by atoms with van der Waals surface area (Å²) in [5.74, 6) is 0. The highest BCUT2D eigenvalue weighted by Gasteiger charge is 2.06. The lowest BCUT2D eigenvalue weighted by Crippen LogP contribution is -2.20. The largest absolute Gasteiger partial charge is 0.397 e. The van der Waals surface area contributed by atoms with Crippen molar-refractivity contribution >= 4 is 34.7 Å². The molecule has 0 aromatic heterocycles. The van der Waals surface area contributed by atoms with Crippen LogP contribution < -0.4 is 16.4 Å². The Morgan fingerprint density at radius 2 is 1.50 bits per heavy atom. The Morgan fingerprint density at radius 1 is 0.944 bits per heavy atom. The first-order valence-electron chi connectivity index (χ1n) is 5.34.